The Morgan fingerprint density at radius 2 is 1.03 bits per heavy atom. The predicted octanol–water partition coefficient (Wildman–Crippen LogP) is -4.43. The van der Waals surface area contributed by atoms with Crippen molar-refractivity contribution in [3.05, 3.63) is 47.5 Å². The first-order valence-corrected chi connectivity index (χ1v) is 12.9. The Kier molecular flexibility index (Phi) is 14.8. The van der Waals surface area contributed by atoms with Crippen molar-refractivity contribution in [2.75, 3.05) is 23.7 Å². The van der Waals surface area contributed by atoms with Crippen molar-refractivity contribution in [3.63, 3.8) is 0 Å². The molecule has 2 rings (SSSR count). The maximum atomic E-state index is 11.8. The molecule has 16 heteroatoms. The molecule has 0 spiro atoms. The fraction of sp³-hybridized carbons (Fsp3) is 0.300. The Labute approximate surface area is 254 Å². The van der Waals surface area contributed by atoms with Crippen LogP contribution in [0.15, 0.2) is 46.2 Å². The van der Waals surface area contributed by atoms with Gasteiger partial charge in [-0.25, -0.2) is 26.4 Å². The molecule has 0 aliphatic heterocycles. The summed E-state index contributed by atoms with van der Waals surface area (Å²) < 4.78 is 70.7. The maximum Gasteiger partial charge on any atom is 1.00 e. The summed E-state index contributed by atoms with van der Waals surface area (Å²) in [5.41, 5.74) is 0.311. The second-order valence-corrected chi connectivity index (χ2v) is 9.72. The summed E-state index contributed by atoms with van der Waals surface area (Å²) in [6, 6.07) is 6.28. The van der Waals surface area contributed by atoms with Gasteiger partial charge in [0.05, 0.1) is 9.79 Å². The number of hydrogen-bond acceptors (Lipinski definition) is 8. The zero-order valence-electron chi connectivity index (χ0n) is 20.4. The van der Waals surface area contributed by atoms with Crippen LogP contribution < -0.4 is 80.4 Å². The number of rotatable bonds is 9. The van der Waals surface area contributed by atoms with E-state index in [1.807, 2.05) is 0 Å². The van der Waals surface area contributed by atoms with Crippen molar-refractivity contribution in [1.29, 1.82) is 0 Å². The van der Waals surface area contributed by atoms with Crippen LogP contribution >= 0.6 is 0 Å². The first-order chi connectivity index (χ1) is 15.8. The van der Waals surface area contributed by atoms with Crippen LogP contribution in [0.4, 0.5) is 21.0 Å². The van der Waals surface area contributed by atoms with Crippen LogP contribution in [0.3, 0.4) is 0 Å². The number of anilines is 2. The summed E-state index contributed by atoms with van der Waals surface area (Å²) in [5.74, 6) is 0. The molecule has 36 heavy (non-hydrogen) atoms. The summed E-state index contributed by atoms with van der Waals surface area (Å²) in [7, 11) is -9.86. The van der Waals surface area contributed by atoms with Crippen LogP contribution in [0.5, 0.6) is 0 Å². The zero-order chi connectivity index (χ0) is 25.5. The number of amides is 4. The monoisotopic (exact) mass is 558 g/mol. The summed E-state index contributed by atoms with van der Waals surface area (Å²) >= 11 is 0. The van der Waals surface area contributed by atoms with E-state index in [1.165, 1.54) is 24.3 Å². The first-order valence-electron chi connectivity index (χ1n) is 10.1. The third kappa shape index (κ3) is 10.7. The molecule has 0 aliphatic rings. The first kappa shape index (κ1) is 34.8. The Hall–Kier alpha value is -1.20. The topological polar surface area (TPSA) is 197 Å². The molecule has 186 valence electrons. The molecule has 0 bridgehead atoms. The normalized spacial score (nSPS) is 10.9. The third-order valence-corrected chi connectivity index (χ3v) is 6.36. The molecule has 0 radical (unpaired) electrons. The van der Waals surface area contributed by atoms with Crippen molar-refractivity contribution >= 4 is 43.7 Å². The number of aryl methyl sites for hydroxylation is 2. The minimum atomic E-state index is -4.93. The van der Waals surface area contributed by atoms with Crippen molar-refractivity contribution in [3.8, 4) is 0 Å². The molecule has 4 N–H and O–H groups in total. The van der Waals surface area contributed by atoms with Gasteiger partial charge >= 0.3 is 71.2 Å². The Bertz CT molecular complexity index is 1190. The molecule has 2 aromatic carbocycles. The van der Waals surface area contributed by atoms with Crippen LogP contribution in [0.2, 0.25) is 0 Å². The van der Waals surface area contributed by atoms with Gasteiger partial charge in [-0.2, -0.15) is 0 Å². The summed E-state index contributed by atoms with van der Waals surface area (Å²) in [5, 5.41) is 9.73. The van der Waals surface area contributed by atoms with Crippen molar-refractivity contribution in [2.24, 2.45) is 0 Å². The van der Waals surface area contributed by atoms with Crippen LogP contribution in [0.25, 0.3) is 0 Å². The zero-order valence-corrected chi connectivity index (χ0v) is 26.0. The fourth-order valence-corrected chi connectivity index (χ4v) is 4.61. The number of urea groups is 2. The smallest absolute Gasteiger partial charge is 0.744 e. The van der Waals surface area contributed by atoms with Gasteiger partial charge < -0.3 is 30.4 Å². The summed E-state index contributed by atoms with van der Waals surface area (Å²) in [6.45, 7) is 4.04. The number of benzene rings is 2. The predicted molar refractivity (Wildman–Crippen MR) is 122 cm³/mol. The molecule has 0 atom stereocenters. The van der Waals surface area contributed by atoms with E-state index in [1.54, 1.807) is 13.8 Å². The second-order valence-electron chi connectivity index (χ2n) is 7.02. The molecular weight excluding hydrogens is 534 g/mol. The second kappa shape index (κ2) is 15.3. The molecule has 0 aliphatic carbocycles. The Balaban J connectivity index is 0.00000612. The standard InChI is InChI=1S/C20H26N4O8S2.2Na/c1-3-21-19(25)23-15-9-7-13(17(11-15)33(27,28)29)5-6-14-8-10-16(24-20(26)22-4-2)12-18(14)34(30,31)32;;/h7-12H,3-6H2,1-2H3,(H2,21,23,25)(H2,22,24,26)(H,27,28,29)(H,30,31,32);;/q;2*+1/p-2. The van der Waals surface area contributed by atoms with E-state index in [0.717, 1.165) is 12.1 Å². The van der Waals surface area contributed by atoms with Gasteiger partial charge in [0.2, 0.25) is 0 Å². The largest absolute Gasteiger partial charge is 1.00 e. The molecule has 0 aromatic heterocycles. The van der Waals surface area contributed by atoms with E-state index < -0.39 is 42.1 Å². The molecule has 0 unspecified atom stereocenters. The molecule has 0 saturated heterocycles. The number of nitrogens with one attached hydrogen (secondary N) is 4. The van der Waals surface area contributed by atoms with Crippen molar-refractivity contribution in [2.45, 2.75) is 36.5 Å². The Morgan fingerprint density at radius 3 is 1.31 bits per heavy atom. The molecule has 0 saturated carbocycles. The molecule has 0 heterocycles. The summed E-state index contributed by atoms with van der Waals surface area (Å²) in [4.78, 5) is 22.2. The molecular formula is C20H24N4Na2O8S2. The van der Waals surface area contributed by atoms with Crippen LogP contribution in [-0.4, -0.2) is 51.1 Å². The van der Waals surface area contributed by atoms with Crippen LogP contribution in [-0.2, 0) is 33.1 Å². The quantitative estimate of drug-likeness (QED) is 0.175. The van der Waals surface area contributed by atoms with Gasteiger partial charge in [-0.05, 0) is 62.1 Å². The van der Waals surface area contributed by atoms with E-state index in [2.05, 4.69) is 21.3 Å². The third-order valence-electron chi connectivity index (χ3n) is 4.53. The van der Waals surface area contributed by atoms with Gasteiger partial charge in [-0.15, -0.1) is 0 Å². The van der Waals surface area contributed by atoms with Gasteiger partial charge in [-0.1, -0.05) is 12.1 Å². The molecule has 2 aromatic rings. The molecule has 12 nitrogen and oxygen atoms in total. The fourth-order valence-electron chi connectivity index (χ4n) is 3.08. The minimum Gasteiger partial charge on any atom is -0.744 e. The van der Waals surface area contributed by atoms with E-state index in [9.17, 15) is 35.5 Å². The molecule has 4 amide bonds. The average molecular weight is 559 g/mol. The number of carbonyl (C=O) groups is 2. The van der Waals surface area contributed by atoms with E-state index in [4.69, 9.17) is 0 Å². The van der Waals surface area contributed by atoms with Gasteiger partial charge in [0.15, 0.2) is 0 Å². The maximum absolute atomic E-state index is 11.8. The summed E-state index contributed by atoms with van der Waals surface area (Å²) in [6.07, 6.45) is -0.187. The number of carbonyl (C=O) groups excluding carboxylic acids is 2. The van der Waals surface area contributed by atoms with Gasteiger partial charge in [0, 0.05) is 24.5 Å². The van der Waals surface area contributed by atoms with E-state index in [-0.39, 0.29) is 94.5 Å². The van der Waals surface area contributed by atoms with Crippen molar-refractivity contribution in [1.82, 2.24) is 10.6 Å². The van der Waals surface area contributed by atoms with Crippen LogP contribution in [0, 0.1) is 0 Å². The SMILES string of the molecule is CCNC(=O)Nc1ccc(CCc2ccc(NC(=O)NCC)cc2S(=O)(=O)[O-])c(S(=O)(=O)[O-])c1.[Na+].[Na+]. The average Bonchev–Trinajstić information content (AvgIpc) is 2.72. The van der Waals surface area contributed by atoms with E-state index >= 15 is 0 Å². The number of hydrogen-bond donors (Lipinski definition) is 4. The molecule has 0 fully saturated rings. The van der Waals surface area contributed by atoms with Crippen LogP contribution in [0.1, 0.15) is 25.0 Å². The van der Waals surface area contributed by atoms with Crippen molar-refractivity contribution < 1.29 is 94.6 Å². The van der Waals surface area contributed by atoms with Gasteiger partial charge in [-0.3, -0.25) is 0 Å². The van der Waals surface area contributed by atoms with Gasteiger partial charge in [0.1, 0.15) is 20.2 Å². The van der Waals surface area contributed by atoms with Gasteiger partial charge in [0.25, 0.3) is 0 Å². The van der Waals surface area contributed by atoms with E-state index in [0.29, 0.717) is 13.1 Å². The minimum absolute atomic E-state index is 0. The Morgan fingerprint density at radius 1 is 0.694 bits per heavy atom.